The van der Waals surface area contributed by atoms with E-state index in [1.54, 1.807) is 6.21 Å². The molecule has 0 aliphatic rings. The molecule has 0 saturated carbocycles. The maximum atomic E-state index is 12.1. The molecule has 7 heteroatoms. The minimum Gasteiger partial charge on any atom is -0.319 e. The van der Waals surface area contributed by atoms with Crippen molar-refractivity contribution in [3.8, 4) is 0 Å². The van der Waals surface area contributed by atoms with E-state index in [1.165, 1.54) is 11.8 Å². The number of nitrogens with one attached hydrogen (secondary N) is 1. The number of thioether (sulfide) groups is 1. The van der Waals surface area contributed by atoms with Crippen LogP contribution in [0.2, 0.25) is 0 Å². The Balaban J connectivity index is 1.55. The zero-order valence-corrected chi connectivity index (χ0v) is 17.2. The van der Waals surface area contributed by atoms with E-state index in [1.807, 2.05) is 60.7 Å². The van der Waals surface area contributed by atoms with Gasteiger partial charge in [0.15, 0.2) is 5.16 Å². The molecule has 0 saturated heterocycles. The smallest absolute Gasteiger partial charge is 0.250 e. The molecule has 1 aromatic heterocycles. The Morgan fingerprint density at radius 2 is 1.96 bits per heavy atom. The Kier molecular flexibility index (Phi) is 6.84. The van der Waals surface area contributed by atoms with Crippen LogP contribution in [0.3, 0.4) is 0 Å². The number of para-hydroxylation sites is 2. The summed E-state index contributed by atoms with van der Waals surface area (Å²) < 4.78 is 2.88. The van der Waals surface area contributed by atoms with Gasteiger partial charge in [0.05, 0.1) is 23.0 Å². The zero-order chi connectivity index (χ0) is 19.1. The molecule has 0 fully saturated rings. The Hall–Kier alpha value is -2.38. The van der Waals surface area contributed by atoms with Crippen molar-refractivity contribution >= 4 is 56.9 Å². The highest BCUT2D eigenvalue weighted by molar-refractivity contribution is 9.12. The van der Waals surface area contributed by atoms with Gasteiger partial charge in [-0.15, -0.1) is 0 Å². The predicted octanol–water partition coefficient (Wildman–Crippen LogP) is 4.69. The molecular weight excluding hydrogens is 424 g/mol. The van der Waals surface area contributed by atoms with Gasteiger partial charge in [-0.2, -0.15) is 5.10 Å². The molecule has 0 atom stereocenters. The van der Waals surface area contributed by atoms with Crippen LogP contribution in [-0.4, -0.2) is 27.4 Å². The molecule has 0 aliphatic carbocycles. The number of amides is 1. The van der Waals surface area contributed by atoms with Crippen LogP contribution >= 0.6 is 27.7 Å². The standard InChI is InChI=1S/C20H19BrN4OS/c1-2-25-18-11-7-6-10-17(18)23-20(25)27-14-19(26)24-22-13-16(21)12-15-8-4-3-5-9-15/h3-13H,2,14H2,1H3,(H,24,26). The molecule has 3 rings (SSSR count). The van der Waals surface area contributed by atoms with Crippen LogP contribution < -0.4 is 5.43 Å². The van der Waals surface area contributed by atoms with E-state index in [4.69, 9.17) is 0 Å². The summed E-state index contributed by atoms with van der Waals surface area (Å²) in [6.45, 7) is 2.87. The van der Waals surface area contributed by atoms with Crippen LogP contribution in [0, 0.1) is 0 Å². The Morgan fingerprint density at radius 3 is 2.74 bits per heavy atom. The number of fused-ring (bicyclic) bond motifs is 1. The minimum atomic E-state index is -0.175. The first-order valence-corrected chi connectivity index (χ1v) is 10.3. The largest absolute Gasteiger partial charge is 0.319 e. The second kappa shape index (κ2) is 9.53. The first kappa shape index (κ1) is 19.4. The number of hydrogen-bond donors (Lipinski definition) is 1. The van der Waals surface area contributed by atoms with Gasteiger partial charge in [0, 0.05) is 11.0 Å². The van der Waals surface area contributed by atoms with Crippen molar-refractivity contribution in [2.24, 2.45) is 5.10 Å². The van der Waals surface area contributed by atoms with Gasteiger partial charge in [-0.25, -0.2) is 10.4 Å². The summed E-state index contributed by atoms with van der Waals surface area (Å²) in [5.74, 6) is 0.0756. The molecule has 1 amide bonds. The van der Waals surface area contributed by atoms with Gasteiger partial charge in [-0.05, 0) is 46.6 Å². The van der Waals surface area contributed by atoms with Crippen molar-refractivity contribution in [2.45, 2.75) is 18.6 Å². The van der Waals surface area contributed by atoms with Crippen LogP contribution in [0.25, 0.3) is 17.1 Å². The van der Waals surface area contributed by atoms with E-state index in [9.17, 15) is 4.79 Å². The average molecular weight is 443 g/mol. The van der Waals surface area contributed by atoms with E-state index in [0.717, 1.165) is 32.8 Å². The van der Waals surface area contributed by atoms with E-state index in [0.29, 0.717) is 0 Å². The molecule has 2 aromatic carbocycles. The summed E-state index contributed by atoms with van der Waals surface area (Å²) in [4.78, 5) is 16.7. The fourth-order valence-corrected chi connectivity index (χ4v) is 3.78. The number of halogens is 1. The molecule has 5 nitrogen and oxygen atoms in total. The summed E-state index contributed by atoms with van der Waals surface area (Å²) in [5.41, 5.74) is 5.61. The van der Waals surface area contributed by atoms with E-state index >= 15 is 0 Å². The van der Waals surface area contributed by atoms with Crippen LogP contribution in [0.4, 0.5) is 0 Å². The van der Waals surface area contributed by atoms with Crippen molar-refractivity contribution in [1.29, 1.82) is 0 Å². The summed E-state index contributed by atoms with van der Waals surface area (Å²) >= 11 is 4.83. The molecule has 0 spiro atoms. The van der Waals surface area contributed by atoms with Crippen molar-refractivity contribution < 1.29 is 4.79 Å². The number of benzene rings is 2. The molecule has 1 N–H and O–H groups in total. The number of allylic oxidation sites excluding steroid dienone is 1. The van der Waals surface area contributed by atoms with Crippen LogP contribution in [0.15, 0.2) is 69.3 Å². The number of hydrazone groups is 1. The van der Waals surface area contributed by atoms with Gasteiger partial charge < -0.3 is 4.57 Å². The SMILES string of the molecule is CCn1c(SCC(=O)NN=CC(Br)=Cc2ccccc2)nc2ccccc21. The van der Waals surface area contributed by atoms with Crippen LogP contribution in [0.1, 0.15) is 12.5 Å². The number of aromatic nitrogens is 2. The van der Waals surface area contributed by atoms with Crippen molar-refractivity contribution in [2.75, 3.05) is 5.75 Å². The second-order valence-electron chi connectivity index (χ2n) is 5.65. The van der Waals surface area contributed by atoms with Crippen LogP contribution in [-0.2, 0) is 11.3 Å². The summed E-state index contributed by atoms with van der Waals surface area (Å²) in [7, 11) is 0. The molecule has 138 valence electrons. The third-order valence-corrected chi connectivity index (χ3v) is 5.16. The molecule has 0 aliphatic heterocycles. The Morgan fingerprint density at radius 1 is 1.22 bits per heavy atom. The third-order valence-electron chi connectivity index (χ3n) is 3.75. The van der Waals surface area contributed by atoms with Crippen molar-refractivity contribution in [1.82, 2.24) is 15.0 Å². The highest BCUT2D eigenvalue weighted by Gasteiger charge is 2.11. The fourth-order valence-electron chi connectivity index (χ4n) is 2.54. The first-order valence-electron chi connectivity index (χ1n) is 8.49. The molecule has 0 bridgehead atoms. The Labute approximate surface area is 170 Å². The monoisotopic (exact) mass is 442 g/mol. The molecule has 0 radical (unpaired) electrons. The first-order chi connectivity index (χ1) is 13.2. The second-order valence-corrected chi connectivity index (χ2v) is 7.51. The number of carbonyl (C=O) groups is 1. The van der Waals surface area contributed by atoms with E-state index in [2.05, 4.69) is 42.9 Å². The summed E-state index contributed by atoms with van der Waals surface area (Å²) in [6, 6.07) is 17.8. The number of imidazole rings is 1. The van der Waals surface area contributed by atoms with Gasteiger partial charge in [0.25, 0.3) is 5.91 Å². The average Bonchev–Trinajstić information content (AvgIpc) is 3.04. The maximum absolute atomic E-state index is 12.1. The molecular formula is C20H19BrN4OS. The van der Waals surface area contributed by atoms with Crippen molar-refractivity contribution in [3.63, 3.8) is 0 Å². The number of carbonyl (C=O) groups excluding carboxylic acids is 1. The van der Waals surface area contributed by atoms with Gasteiger partial charge >= 0.3 is 0 Å². The third kappa shape index (κ3) is 5.30. The zero-order valence-electron chi connectivity index (χ0n) is 14.8. The fraction of sp³-hybridized carbons (Fsp3) is 0.150. The Bertz CT molecular complexity index is 982. The number of aryl methyl sites for hydroxylation is 1. The highest BCUT2D eigenvalue weighted by Crippen LogP contribution is 2.23. The maximum Gasteiger partial charge on any atom is 0.250 e. The number of nitrogens with zero attached hydrogens (tertiary/aromatic N) is 3. The number of rotatable bonds is 7. The quantitative estimate of drug-likeness (QED) is 0.328. The lowest BCUT2D eigenvalue weighted by atomic mass is 10.2. The highest BCUT2D eigenvalue weighted by atomic mass is 79.9. The normalized spacial score (nSPS) is 12.0. The lowest BCUT2D eigenvalue weighted by Crippen LogP contribution is -2.19. The van der Waals surface area contributed by atoms with Gasteiger partial charge in [-0.3, -0.25) is 4.79 Å². The summed E-state index contributed by atoms with van der Waals surface area (Å²) in [5, 5.41) is 4.82. The topological polar surface area (TPSA) is 59.3 Å². The summed E-state index contributed by atoms with van der Waals surface area (Å²) in [6.07, 6.45) is 3.49. The van der Waals surface area contributed by atoms with Crippen LogP contribution in [0.5, 0.6) is 0 Å². The number of hydrogen-bond acceptors (Lipinski definition) is 4. The van der Waals surface area contributed by atoms with Gasteiger partial charge in [-0.1, -0.05) is 54.2 Å². The van der Waals surface area contributed by atoms with Crippen molar-refractivity contribution in [3.05, 3.63) is 64.6 Å². The molecule has 27 heavy (non-hydrogen) atoms. The minimum absolute atomic E-state index is 0.175. The molecule has 0 unspecified atom stereocenters. The van der Waals surface area contributed by atoms with Gasteiger partial charge in [0.1, 0.15) is 0 Å². The lowest BCUT2D eigenvalue weighted by molar-refractivity contribution is -0.118. The molecule has 1 heterocycles. The molecule has 3 aromatic rings. The van der Waals surface area contributed by atoms with E-state index < -0.39 is 0 Å². The van der Waals surface area contributed by atoms with Gasteiger partial charge in [0.2, 0.25) is 0 Å². The predicted molar refractivity (Wildman–Crippen MR) is 116 cm³/mol. The van der Waals surface area contributed by atoms with E-state index in [-0.39, 0.29) is 11.7 Å². The lowest BCUT2D eigenvalue weighted by Gasteiger charge is -2.04.